The van der Waals surface area contributed by atoms with Crippen LogP contribution in [0.15, 0.2) is 83.9 Å². The minimum Gasteiger partial charge on any atom is -0.361 e. The number of anilines is 2. The number of hydrogen-bond donors (Lipinski definition) is 2. The summed E-state index contributed by atoms with van der Waals surface area (Å²) in [6.07, 6.45) is 1.93. The maximum absolute atomic E-state index is 13.1. The van der Waals surface area contributed by atoms with E-state index < -0.39 is 5.25 Å². The molecule has 1 unspecified atom stereocenters. The lowest BCUT2D eigenvalue weighted by Crippen LogP contribution is -2.31. The fourth-order valence-corrected chi connectivity index (χ4v) is 5.09. The Hall–Kier alpha value is -3.55. The van der Waals surface area contributed by atoms with Gasteiger partial charge in [0.25, 0.3) is 5.91 Å². The molecule has 1 atom stereocenters. The van der Waals surface area contributed by atoms with E-state index in [4.69, 9.17) is 11.6 Å². The SMILES string of the molecule is O=C(Nc1cccc(SC2CC(=O)N(c3ccc4cc[nH]c4c3)C2=O)c1)c1cccc(Cl)c1. The molecule has 2 N–H and O–H groups in total. The third kappa shape index (κ3) is 4.37. The van der Waals surface area contributed by atoms with Gasteiger partial charge in [-0.25, -0.2) is 4.90 Å². The van der Waals surface area contributed by atoms with Gasteiger partial charge in [-0.05, 0) is 60.0 Å². The van der Waals surface area contributed by atoms with Gasteiger partial charge in [-0.15, -0.1) is 11.8 Å². The number of hydrogen-bond acceptors (Lipinski definition) is 4. The highest BCUT2D eigenvalue weighted by Gasteiger charge is 2.40. The Balaban J connectivity index is 1.31. The molecule has 0 bridgehead atoms. The molecule has 0 saturated carbocycles. The van der Waals surface area contributed by atoms with E-state index in [1.807, 2.05) is 30.5 Å². The van der Waals surface area contributed by atoms with Gasteiger partial charge in [0.15, 0.2) is 0 Å². The molecule has 1 fully saturated rings. The molecule has 1 aliphatic rings. The van der Waals surface area contributed by atoms with E-state index in [0.29, 0.717) is 22.0 Å². The number of benzene rings is 3. The van der Waals surface area contributed by atoms with Gasteiger partial charge in [-0.3, -0.25) is 14.4 Å². The second-order valence-corrected chi connectivity index (χ2v) is 9.33. The van der Waals surface area contributed by atoms with Crippen LogP contribution >= 0.6 is 23.4 Å². The van der Waals surface area contributed by atoms with Crippen LogP contribution in [-0.2, 0) is 9.59 Å². The van der Waals surface area contributed by atoms with Crippen molar-refractivity contribution < 1.29 is 14.4 Å². The molecule has 3 aromatic carbocycles. The molecule has 6 nitrogen and oxygen atoms in total. The number of carbonyl (C=O) groups is 3. The minimum atomic E-state index is -0.532. The Labute approximate surface area is 198 Å². The number of rotatable bonds is 5. The van der Waals surface area contributed by atoms with E-state index in [0.717, 1.165) is 15.8 Å². The number of imide groups is 1. The smallest absolute Gasteiger partial charge is 0.255 e. The summed E-state index contributed by atoms with van der Waals surface area (Å²) in [5.41, 5.74) is 2.47. The predicted molar refractivity (Wildman–Crippen MR) is 131 cm³/mol. The average Bonchev–Trinajstić information content (AvgIpc) is 3.37. The highest BCUT2D eigenvalue weighted by molar-refractivity contribution is 8.00. The van der Waals surface area contributed by atoms with E-state index in [1.165, 1.54) is 16.7 Å². The molecule has 1 aliphatic heterocycles. The van der Waals surface area contributed by atoms with E-state index in [9.17, 15) is 14.4 Å². The summed E-state index contributed by atoms with van der Waals surface area (Å²) in [7, 11) is 0. The number of nitrogens with one attached hydrogen (secondary N) is 2. The summed E-state index contributed by atoms with van der Waals surface area (Å²) in [5, 5.41) is 3.81. The lowest BCUT2D eigenvalue weighted by atomic mass is 10.2. The summed E-state index contributed by atoms with van der Waals surface area (Å²) >= 11 is 7.28. The average molecular weight is 476 g/mol. The molecule has 0 spiro atoms. The Morgan fingerprint density at radius 2 is 1.88 bits per heavy atom. The quantitative estimate of drug-likeness (QED) is 0.373. The lowest BCUT2D eigenvalue weighted by Gasteiger charge is -2.15. The zero-order valence-corrected chi connectivity index (χ0v) is 18.8. The normalized spacial score (nSPS) is 15.9. The van der Waals surface area contributed by atoms with Gasteiger partial charge in [-0.2, -0.15) is 0 Å². The third-order valence-electron chi connectivity index (χ3n) is 5.36. The molecule has 2 heterocycles. The maximum Gasteiger partial charge on any atom is 0.255 e. The monoisotopic (exact) mass is 475 g/mol. The van der Waals surface area contributed by atoms with Gasteiger partial charge in [-0.1, -0.05) is 29.8 Å². The topological polar surface area (TPSA) is 82.3 Å². The molecule has 33 heavy (non-hydrogen) atoms. The van der Waals surface area contributed by atoms with Crippen LogP contribution in [0.4, 0.5) is 11.4 Å². The molecule has 0 radical (unpaired) electrons. The van der Waals surface area contributed by atoms with E-state index in [-0.39, 0.29) is 24.1 Å². The van der Waals surface area contributed by atoms with Gasteiger partial charge >= 0.3 is 0 Å². The second kappa shape index (κ2) is 8.77. The van der Waals surface area contributed by atoms with Crippen LogP contribution in [-0.4, -0.2) is 28.0 Å². The number of amides is 3. The molecule has 1 aromatic heterocycles. The molecular weight excluding hydrogens is 458 g/mol. The van der Waals surface area contributed by atoms with Crippen molar-refractivity contribution in [2.75, 3.05) is 10.2 Å². The maximum atomic E-state index is 13.1. The van der Waals surface area contributed by atoms with Crippen molar-refractivity contribution in [3.05, 3.63) is 89.6 Å². The Kier molecular flexibility index (Phi) is 5.66. The fraction of sp³-hybridized carbons (Fsp3) is 0.0800. The zero-order chi connectivity index (χ0) is 22.9. The standard InChI is InChI=1S/C25H18ClN3O3S/c26-17-4-1-3-16(11-17)24(31)28-18-5-2-6-20(12-18)33-22-14-23(30)29(25(22)32)19-8-7-15-9-10-27-21(15)13-19/h1-13,22,27H,14H2,(H,28,31). The molecular formula is C25H18ClN3O3S. The fourth-order valence-electron chi connectivity index (χ4n) is 3.79. The highest BCUT2D eigenvalue weighted by Crippen LogP contribution is 2.35. The van der Waals surface area contributed by atoms with Crippen molar-refractivity contribution in [3.8, 4) is 0 Å². The molecule has 164 valence electrons. The van der Waals surface area contributed by atoms with E-state index in [1.54, 1.807) is 48.5 Å². The number of aromatic amines is 1. The van der Waals surface area contributed by atoms with E-state index >= 15 is 0 Å². The third-order valence-corrected chi connectivity index (χ3v) is 6.77. The first-order chi connectivity index (χ1) is 16.0. The number of fused-ring (bicyclic) bond motifs is 1. The second-order valence-electron chi connectivity index (χ2n) is 7.62. The van der Waals surface area contributed by atoms with Gasteiger partial charge in [0, 0.05) is 39.3 Å². The van der Waals surface area contributed by atoms with Crippen LogP contribution < -0.4 is 10.2 Å². The summed E-state index contributed by atoms with van der Waals surface area (Å²) in [4.78, 5) is 43.4. The molecule has 5 rings (SSSR count). The summed E-state index contributed by atoms with van der Waals surface area (Å²) < 4.78 is 0. The van der Waals surface area contributed by atoms with E-state index in [2.05, 4.69) is 10.3 Å². The number of carbonyl (C=O) groups excluding carboxylic acids is 3. The lowest BCUT2D eigenvalue weighted by molar-refractivity contribution is -0.121. The van der Waals surface area contributed by atoms with Crippen LogP contribution in [0, 0.1) is 0 Å². The number of H-pyrrole nitrogens is 1. The highest BCUT2D eigenvalue weighted by atomic mass is 35.5. The van der Waals surface area contributed by atoms with Crippen molar-refractivity contribution in [2.24, 2.45) is 0 Å². The van der Waals surface area contributed by atoms with Crippen LogP contribution in [0.1, 0.15) is 16.8 Å². The van der Waals surface area contributed by atoms with Crippen LogP contribution in [0.2, 0.25) is 5.02 Å². The van der Waals surface area contributed by atoms with Gasteiger partial charge in [0.2, 0.25) is 11.8 Å². The van der Waals surface area contributed by atoms with Gasteiger partial charge in [0.05, 0.1) is 10.9 Å². The van der Waals surface area contributed by atoms with Crippen LogP contribution in [0.5, 0.6) is 0 Å². The first-order valence-electron chi connectivity index (χ1n) is 10.3. The number of nitrogens with zero attached hydrogens (tertiary/aromatic N) is 1. The summed E-state index contributed by atoms with van der Waals surface area (Å²) in [5.74, 6) is -0.754. The first-order valence-corrected chi connectivity index (χ1v) is 11.5. The van der Waals surface area contributed by atoms with Crippen molar-refractivity contribution in [1.82, 2.24) is 4.98 Å². The number of thioether (sulfide) groups is 1. The Bertz CT molecular complexity index is 1400. The number of halogens is 1. The Morgan fingerprint density at radius 3 is 2.73 bits per heavy atom. The largest absolute Gasteiger partial charge is 0.361 e. The Morgan fingerprint density at radius 1 is 1.03 bits per heavy atom. The van der Waals surface area contributed by atoms with Crippen molar-refractivity contribution >= 4 is 63.4 Å². The molecule has 1 saturated heterocycles. The van der Waals surface area contributed by atoms with Crippen molar-refractivity contribution in [3.63, 3.8) is 0 Å². The number of aromatic nitrogens is 1. The molecule has 0 aliphatic carbocycles. The van der Waals surface area contributed by atoms with Crippen molar-refractivity contribution in [2.45, 2.75) is 16.6 Å². The summed E-state index contributed by atoms with van der Waals surface area (Å²) in [6, 6.07) is 21.3. The van der Waals surface area contributed by atoms with Crippen LogP contribution in [0.3, 0.4) is 0 Å². The molecule has 4 aromatic rings. The molecule has 8 heteroatoms. The van der Waals surface area contributed by atoms with Gasteiger partial charge in [0.1, 0.15) is 0 Å². The van der Waals surface area contributed by atoms with Gasteiger partial charge < -0.3 is 10.3 Å². The molecule has 3 amide bonds. The van der Waals surface area contributed by atoms with Crippen molar-refractivity contribution in [1.29, 1.82) is 0 Å². The van der Waals surface area contributed by atoms with Crippen LogP contribution in [0.25, 0.3) is 10.9 Å². The summed E-state index contributed by atoms with van der Waals surface area (Å²) in [6.45, 7) is 0. The first kappa shape index (κ1) is 21.3. The minimum absolute atomic E-state index is 0.116. The predicted octanol–water partition coefficient (Wildman–Crippen LogP) is 5.50. The zero-order valence-electron chi connectivity index (χ0n) is 17.2.